The van der Waals surface area contributed by atoms with Crippen LogP contribution in [0.25, 0.3) is 0 Å². The van der Waals surface area contributed by atoms with Gasteiger partial charge in [-0.2, -0.15) is 0 Å². The number of piperidine rings is 2. The SMILES string of the molecule is Cc1csc(N2C3CCCC2CC(=O)C3)n1. The number of hydrogen-bond acceptors (Lipinski definition) is 4. The molecule has 0 aromatic carbocycles. The van der Waals surface area contributed by atoms with Gasteiger partial charge in [0.25, 0.3) is 0 Å². The van der Waals surface area contributed by atoms with Crippen LogP contribution in [0.5, 0.6) is 0 Å². The largest absolute Gasteiger partial charge is 0.341 e. The summed E-state index contributed by atoms with van der Waals surface area (Å²) >= 11 is 1.72. The number of Topliss-reactive ketones (excluding diaryl/α,β-unsaturated/α-hetero) is 1. The normalized spacial score (nSPS) is 29.6. The van der Waals surface area contributed by atoms with Crippen LogP contribution in [0.1, 0.15) is 37.8 Å². The fourth-order valence-electron chi connectivity index (χ4n) is 2.95. The van der Waals surface area contributed by atoms with Gasteiger partial charge in [0.2, 0.25) is 0 Å². The third-order valence-electron chi connectivity index (χ3n) is 3.62. The van der Waals surface area contributed by atoms with E-state index in [2.05, 4.69) is 15.3 Å². The number of aromatic nitrogens is 1. The molecule has 2 aliphatic rings. The van der Waals surface area contributed by atoms with E-state index in [1.54, 1.807) is 11.3 Å². The van der Waals surface area contributed by atoms with E-state index in [1.165, 1.54) is 6.42 Å². The summed E-state index contributed by atoms with van der Waals surface area (Å²) in [6.45, 7) is 2.03. The molecule has 4 heteroatoms. The first kappa shape index (κ1) is 10.3. The number of carbonyl (C=O) groups is 1. The molecule has 2 fully saturated rings. The molecule has 0 N–H and O–H groups in total. The molecule has 0 saturated carbocycles. The van der Waals surface area contributed by atoms with E-state index in [0.29, 0.717) is 17.9 Å². The zero-order chi connectivity index (χ0) is 11.1. The van der Waals surface area contributed by atoms with Gasteiger partial charge in [0.15, 0.2) is 5.13 Å². The predicted octanol–water partition coefficient (Wildman–Crippen LogP) is 2.54. The average Bonchev–Trinajstić information content (AvgIpc) is 2.63. The minimum Gasteiger partial charge on any atom is -0.341 e. The Bertz CT molecular complexity index is 399. The van der Waals surface area contributed by atoms with Crippen LogP contribution < -0.4 is 4.90 Å². The molecule has 2 atom stereocenters. The summed E-state index contributed by atoms with van der Waals surface area (Å²) in [7, 11) is 0. The molecule has 2 aliphatic heterocycles. The Morgan fingerprint density at radius 2 is 2.06 bits per heavy atom. The van der Waals surface area contributed by atoms with Crippen LogP contribution in [-0.4, -0.2) is 22.9 Å². The number of carbonyl (C=O) groups excluding carboxylic acids is 1. The molecule has 2 saturated heterocycles. The summed E-state index contributed by atoms with van der Waals surface area (Å²) in [6, 6.07) is 0.844. The highest BCUT2D eigenvalue weighted by atomic mass is 32.1. The van der Waals surface area contributed by atoms with Gasteiger partial charge in [0, 0.05) is 30.3 Å². The molecule has 0 aliphatic carbocycles. The molecule has 0 amide bonds. The summed E-state index contributed by atoms with van der Waals surface area (Å²) < 4.78 is 0. The topological polar surface area (TPSA) is 33.2 Å². The van der Waals surface area contributed by atoms with Crippen LogP contribution in [0, 0.1) is 6.92 Å². The second-order valence-corrected chi connectivity index (χ2v) is 5.70. The molecule has 2 unspecified atom stereocenters. The van der Waals surface area contributed by atoms with Crippen molar-refractivity contribution in [1.82, 2.24) is 4.98 Å². The Morgan fingerprint density at radius 3 is 2.62 bits per heavy atom. The lowest BCUT2D eigenvalue weighted by Crippen LogP contribution is -2.52. The van der Waals surface area contributed by atoms with Crippen LogP contribution in [0.2, 0.25) is 0 Å². The fourth-order valence-corrected chi connectivity index (χ4v) is 3.89. The molecule has 86 valence electrons. The van der Waals surface area contributed by atoms with Crippen molar-refractivity contribution in [2.75, 3.05) is 4.90 Å². The van der Waals surface area contributed by atoms with Gasteiger partial charge in [0.1, 0.15) is 5.78 Å². The molecular weight excluding hydrogens is 220 g/mol. The summed E-state index contributed by atoms with van der Waals surface area (Å²) in [4.78, 5) is 18.6. The molecule has 3 rings (SSSR count). The average molecular weight is 236 g/mol. The van der Waals surface area contributed by atoms with Crippen molar-refractivity contribution in [2.24, 2.45) is 0 Å². The quantitative estimate of drug-likeness (QED) is 0.751. The number of thiazole rings is 1. The number of hydrogen-bond donors (Lipinski definition) is 0. The molecule has 1 aromatic heterocycles. The van der Waals surface area contributed by atoms with Crippen molar-refractivity contribution in [3.63, 3.8) is 0 Å². The Hall–Kier alpha value is -0.900. The van der Waals surface area contributed by atoms with Crippen molar-refractivity contribution in [2.45, 2.75) is 51.1 Å². The predicted molar refractivity (Wildman–Crippen MR) is 65.0 cm³/mol. The number of nitrogens with zero attached hydrogens (tertiary/aromatic N) is 2. The van der Waals surface area contributed by atoms with Crippen LogP contribution in [0.15, 0.2) is 5.38 Å². The number of aryl methyl sites for hydroxylation is 1. The number of anilines is 1. The summed E-state index contributed by atoms with van der Waals surface area (Å²) in [5.74, 6) is 0.444. The smallest absolute Gasteiger partial charge is 0.186 e. The lowest BCUT2D eigenvalue weighted by molar-refractivity contribution is -0.121. The third kappa shape index (κ3) is 1.65. The van der Waals surface area contributed by atoms with Crippen LogP contribution in [0.4, 0.5) is 5.13 Å². The Kier molecular flexibility index (Phi) is 2.46. The summed E-state index contributed by atoms with van der Waals surface area (Å²) in [5, 5.41) is 3.22. The van der Waals surface area contributed by atoms with Gasteiger partial charge in [-0.05, 0) is 26.2 Å². The highest BCUT2D eigenvalue weighted by Gasteiger charge is 2.38. The fraction of sp³-hybridized carbons (Fsp3) is 0.667. The Labute approximate surface area is 99.5 Å². The van der Waals surface area contributed by atoms with Gasteiger partial charge in [-0.1, -0.05) is 0 Å². The minimum atomic E-state index is 0.422. The van der Waals surface area contributed by atoms with E-state index < -0.39 is 0 Å². The molecule has 2 bridgehead atoms. The first-order valence-corrected chi connectivity index (χ1v) is 6.84. The Balaban J connectivity index is 1.91. The summed E-state index contributed by atoms with van der Waals surface area (Å²) in [5.41, 5.74) is 1.09. The van der Waals surface area contributed by atoms with Crippen molar-refractivity contribution < 1.29 is 4.79 Å². The van der Waals surface area contributed by atoms with Gasteiger partial charge >= 0.3 is 0 Å². The minimum absolute atomic E-state index is 0.422. The van der Waals surface area contributed by atoms with Crippen LogP contribution in [0.3, 0.4) is 0 Å². The second kappa shape index (κ2) is 3.84. The van der Waals surface area contributed by atoms with Gasteiger partial charge in [0.05, 0.1) is 5.69 Å². The van der Waals surface area contributed by atoms with E-state index in [4.69, 9.17) is 0 Å². The zero-order valence-electron chi connectivity index (χ0n) is 9.48. The molecule has 16 heavy (non-hydrogen) atoms. The van der Waals surface area contributed by atoms with Crippen molar-refractivity contribution in [3.05, 3.63) is 11.1 Å². The Morgan fingerprint density at radius 1 is 1.38 bits per heavy atom. The van der Waals surface area contributed by atoms with Crippen molar-refractivity contribution in [3.8, 4) is 0 Å². The van der Waals surface area contributed by atoms with E-state index in [9.17, 15) is 4.79 Å². The van der Waals surface area contributed by atoms with Crippen molar-refractivity contribution in [1.29, 1.82) is 0 Å². The molecule has 1 aromatic rings. The third-order valence-corrected chi connectivity index (χ3v) is 4.59. The number of ketones is 1. The molecule has 3 heterocycles. The second-order valence-electron chi connectivity index (χ2n) is 4.86. The number of rotatable bonds is 1. The van der Waals surface area contributed by atoms with Gasteiger partial charge in [-0.15, -0.1) is 11.3 Å². The maximum Gasteiger partial charge on any atom is 0.186 e. The van der Waals surface area contributed by atoms with Gasteiger partial charge in [-0.25, -0.2) is 4.98 Å². The van der Waals surface area contributed by atoms with E-state index in [-0.39, 0.29) is 0 Å². The maximum absolute atomic E-state index is 11.6. The lowest BCUT2D eigenvalue weighted by Gasteiger charge is -2.45. The molecule has 0 spiro atoms. The highest BCUT2D eigenvalue weighted by molar-refractivity contribution is 7.13. The first-order valence-electron chi connectivity index (χ1n) is 5.96. The lowest BCUT2D eigenvalue weighted by atomic mass is 9.84. The monoisotopic (exact) mass is 236 g/mol. The van der Waals surface area contributed by atoms with E-state index >= 15 is 0 Å². The highest BCUT2D eigenvalue weighted by Crippen LogP contribution is 2.37. The summed E-state index contributed by atoms with van der Waals surface area (Å²) in [6.07, 6.45) is 5.04. The van der Waals surface area contributed by atoms with E-state index in [0.717, 1.165) is 36.5 Å². The molecule has 0 radical (unpaired) electrons. The van der Waals surface area contributed by atoms with Crippen LogP contribution >= 0.6 is 11.3 Å². The molecular formula is C12H16N2OS. The van der Waals surface area contributed by atoms with E-state index in [1.807, 2.05) is 6.92 Å². The van der Waals surface area contributed by atoms with Gasteiger partial charge in [-0.3, -0.25) is 4.79 Å². The van der Waals surface area contributed by atoms with Gasteiger partial charge < -0.3 is 4.90 Å². The van der Waals surface area contributed by atoms with Crippen molar-refractivity contribution >= 4 is 22.3 Å². The standard InChI is InChI=1S/C12H16N2OS/c1-8-7-16-12(13-8)14-9-3-2-4-10(14)6-11(15)5-9/h7,9-10H,2-6H2,1H3. The number of fused-ring (bicyclic) bond motifs is 2. The molecule has 3 nitrogen and oxygen atoms in total. The van der Waals surface area contributed by atoms with Crippen LogP contribution in [-0.2, 0) is 4.79 Å². The first-order chi connectivity index (χ1) is 7.74. The maximum atomic E-state index is 11.6. The zero-order valence-corrected chi connectivity index (χ0v) is 10.3.